The molecule has 1 amide bonds. The van der Waals surface area contributed by atoms with Gasteiger partial charge in [-0.15, -0.1) is 10.2 Å². The largest absolute Gasteiger partial charge is 0.320 e. The number of halogens is 1. The molecule has 0 radical (unpaired) electrons. The summed E-state index contributed by atoms with van der Waals surface area (Å²) in [7, 11) is 1.67. The molecule has 0 unspecified atom stereocenters. The minimum atomic E-state index is -0.563. The highest BCUT2D eigenvalue weighted by molar-refractivity contribution is 7.99. The van der Waals surface area contributed by atoms with Crippen LogP contribution in [0.25, 0.3) is 11.4 Å². The maximum Gasteiger partial charge on any atom is 0.292 e. The van der Waals surface area contributed by atoms with Gasteiger partial charge in [0.15, 0.2) is 11.0 Å². The number of hydrogen-bond donors (Lipinski definition) is 1. The van der Waals surface area contributed by atoms with Gasteiger partial charge < -0.3 is 9.88 Å². The number of para-hydroxylation sites is 2. The van der Waals surface area contributed by atoms with Crippen molar-refractivity contribution in [3.05, 3.63) is 64.5 Å². The van der Waals surface area contributed by atoms with Crippen molar-refractivity contribution in [3.63, 3.8) is 0 Å². The van der Waals surface area contributed by atoms with E-state index in [1.807, 2.05) is 0 Å². The van der Waals surface area contributed by atoms with E-state index in [2.05, 4.69) is 15.5 Å². The summed E-state index contributed by atoms with van der Waals surface area (Å²) in [6.07, 6.45) is 0. The summed E-state index contributed by atoms with van der Waals surface area (Å²) in [5, 5.41) is 21.9. The molecular weight excluding hydrogens is 373 g/mol. The third kappa shape index (κ3) is 4.11. The average Bonchev–Trinajstić information content (AvgIpc) is 3.01. The molecule has 0 bridgehead atoms. The fourth-order valence-corrected chi connectivity index (χ4v) is 3.08. The SMILES string of the molecule is Cn1c(SCC(=O)Nc2ccccc2[N+](=O)[O-])nnc1-c1ccccc1F. The molecule has 0 aliphatic rings. The number of carbonyl (C=O) groups excluding carboxylic acids is 1. The molecule has 1 N–H and O–H groups in total. The number of aromatic nitrogens is 3. The molecule has 1 aromatic heterocycles. The summed E-state index contributed by atoms with van der Waals surface area (Å²) in [6, 6.07) is 12.1. The highest BCUT2D eigenvalue weighted by Crippen LogP contribution is 2.26. The quantitative estimate of drug-likeness (QED) is 0.396. The van der Waals surface area contributed by atoms with Crippen LogP contribution in [0.2, 0.25) is 0 Å². The minimum absolute atomic E-state index is 0.0324. The van der Waals surface area contributed by atoms with Gasteiger partial charge in [-0.05, 0) is 18.2 Å². The van der Waals surface area contributed by atoms with E-state index < -0.39 is 16.6 Å². The maximum absolute atomic E-state index is 13.9. The lowest BCUT2D eigenvalue weighted by atomic mass is 10.2. The highest BCUT2D eigenvalue weighted by Gasteiger charge is 2.17. The summed E-state index contributed by atoms with van der Waals surface area (Å²) in [6.45, 7) is 0. The van der Waals surface area contributed by atoms with Crippen molar-refractivity contribution >= 4 is 29.0 Å². The van der Waals surface area contributed by atoms with Crippen molar-refractivity contribution in [2.45, 2.75) is 5.16 Å². The normalized spacial score (nSPS) is 10.6. The fraction of sp³-hybridized carbons (Fsp3) is 0.118. The van der Waals surface area contributed by atoms with Gasteiger partial charge in [0.05, 0.1) is 16.2 Å². The summed E-state index contributed by atoms with van der Waals surface area (Å²) in [5.41, 5.74) is 0.248. The summed E-state index contributed by atoms with van der Waals surface area (Å²) >= 11 is 1.10. The van der Waals surface area contributed by atoms with Gasteiger partial charge in [-0.25, -0.2) is 4.39 Å². The molecule has 0 atom stereocenters. The molecule has 0 fully saturated rings. The third-order valence-corrected chi connectivity index (χ3v) is 4.68. The maximum atomic E-state index is 13.9. The molecule has 0 aliphatic heterocycles. The van der Waals surface area contributed by atoms with Crippen molar-refractivity contribution in [2.75, 3.05) is 11.1 Å². The molecule has 3 aromatic rings. The Hall–Kier alpha value is -3.27. The number of nitro benzene ring substituents is 1. The lowest BCUT2D eigenvalue weighted by Gasteiger charge is -2.06. The smallest absolute Gasteiger partial charge is 0.292 e. The van der Waals surface area contributed by atoms with E-state index in [4.69, 9.17) is 0 Å². The monoisotopic (exact) mass is 387 g/mol. The molecule has 0 spiro atoms. The molecule has 0 saturated carbocycles. The number of rotatable bonds is 6. The van der Waals surface area contributed by atoms with E-state index >= 15 is 0 Å². The second-order valence-corrected chi connectivity index (χ2v) is 6.40. The van der Waals surface area contributed by atoms with E-state index in [1.54, 1.807) is 35.9 Å². The molecule has 10 heteroatoms. The van der Waals surface area contributed by atoms with Crippen molar-refractivity contribution in [1.29, 1.82) is 0 Å². The van der Waals surface area contributed by atoms with Gasteiger partial charge >= 0.3 is 0 Å². The first-order valence-electron chi connectivity index (χ1n) is 7.77. The number of hydrogen-bond acceptors (Lipinski definition) is 6. The van der Waals surface area contributed by atoms with Crippen molar-refractivity contribution in [2.24, 2.45) is 7.05 Å². The van der Waals surface area contributed by atoms with Crippen molar-refractivity contribution in [1.82, 2.24) is 14.8 Å². The van der Waals surface area contributed by atoms with E-state index in [1.165, 1.54) is 24.3 Å². The summed E-state index contributed by atoms with van der Waals surface area (Å²) in [4.78, 5) is 22.6. The fourth-order valence-electron chi connectivity index (χ4n) is 2.37. The van der Waals surface area contributed by atoms with Crippen molar-refractivity contribution < 1.29 is 14.1 Å². The molecule has 0 saturated heterocycles. The standard InChI is InChI=1S/C17H14FN5O3S/c1-22-16(11-6-2-3-7-12(11)18)20-21-17(22)27-10-15(24)19-13-8-4-5-9-14(13)23(25)26/h2-9H,10H2,1H3,(H,19,24). The summed E-state index contributed by atoms with van der Waals surface area (Å²) < 4.78 is 15.5. The van der Waals surface area contributed by atoms with Gasteiger partial charge in [0.25, 0.3) is 5.69 Å². The Kier molecular flexibility index (Phi) is 5.46. The molecule has 0 aliphatic carbocycles. The second-order valence-electron chi connectivity index (χ2n) is 5.46. The molecule has 1 heterocycles. The molecule has 8 nitrogen and oxygen atoms in total. The Bertz CT molecular complexity index is 1010. The Balaban J connectivity index is 1.69. The number of amides is 1. The van der Waals surface area contributed by atoms with E-state index in [9.17, 15) is 19.3 Å². The Labute approximate surface area is 157 Å². The number of thioether (sulfide) groups is 1. The van der Waals surface area contributed by atoms with Crippen LogP contribution in [0.5, 0.6) is 0 Å². The number of anilines is 1. The van der Waals surface area contributed by atoms with Gasteiger partial charge in [0, 0.05) is 13.1 Å². The van der Waals surface area contributed by atoms with Crippen LogP contribution in [0.15, 0.2) is 53.7 Å². The predicted octanol–water partition coefficient (Wildman–Crippen LogP) is 3.26. The molecule has 2 aromatic carbocycles. The van der Waals surface area contributed by atoms with Crippen LogP contribution in [0, 0.1) is 15.9 Å². The van der Waals surface area contributed by atoms with Crippen LogP contribution >= 0.6 is 11.8 Å². The predicted molar refractivity (Wildman–Crippen MR) is 98.8 cm³/mol. The Morgan fingerprint density at radius 1 is 1.22 bits per heavy atom. The second kappa shape index (κ2) is 7.96. The molecular formula is C17H14FN5O3S. The summed E-state index contributed by atoms with van der Waals surface area (Å²) in [5.74, 6) is -0.534. The molecule has 27 heavy (non-hydrogen) atoms. The number of nitrogens with one attached hydrogen (secondary N) is 1. The Morgan fingerprint density at radius 3 is 2.67 bits per heavy atom. The Morgan fingerprint density at radius 2 is 1.93 bits per heavy atom. The van der Waals surface area contributed by atoms with Crippen LogP contribution in [-0.2, 0) is 11.8 Å². The lowest BCUT2D eigenvalue weighted by molar-refractivity contribution is -0.383. The van der Waals surface area contributed by atoms with E-state index in [0.29, 0.717) is 16.5 Å². The van der Waals surface area contributed by atoms with Gasteiger partial charge in [-0.3, -0.25) is 14.9 Å². The molecule has 138 valence electrons. The first kappa shape index (κ1) is 18.5. The minimum Gasteiger partial charge on any atom is -0.320 e. The zero-order valence-electron chi connectivity index (χ0n) is 14.1. The number of nitrogens with zero attached hydrogens (tertiary/aromatic N) is 4. The van der Waals surface area contributed by atoms with Crippen LogP contribution in [0.3, 0.4) is 0 Å². The number of carbonyl (C=O) groups is 1. The first-order chi connectivity index (χ1) is 13.0. The van der Waals surface area contributed by atoms with Gasteiger partial charge in [-0.2, -0.15) is 0 Å². The molecule has 3 rings (SSSR count). The van der Waals surface area contributed by atoms with Gasteiger partial charge in [0.1, 0.15) is 11.5 Å². The third-order valence-electron chi connectivity index (χ3n) is 3.66. The topological polar surface area (TPSA) is 103 Å². The first-order valence-corrected chi connectivity index (χ1v) is 8.76. The van der Waals surface area contributed by atoms with Crippen LogP contribution in [0.4, 0.5) is 15.8 Å². The lowest BCUT2D eigenvalue weighted by Crippen LogP contribution is -2.15. The van der Waals surface area contributed by atoms with Gasteiger partial charge in [-0.1, -0.05) is 36.0 Å². The van der Waals surface area contributed by atoms with E-state index in [0.717, 1.165) is 11.8 Å². The van der Waals surface area contributed by atoms with Crippen LogP contribution < -0.4 is 5.32 Å². The van der Waals surface area contributed by atoms with Crippen LogP contribution in [-0.4, -0.2) is 31.3 Å². The average molecular weight is 387 g/mol. The zero-order valence-corrected chi connectivity index (χ0v) is 14.9. The van der Waals surface area contributed by atoms with Crippen molar-refractivity contribution in [3.8, 4) is 11.4 Å². The zero-order chi connectivity index (χ0) is 19.4. The highest BCUT2D eigenvalue weighted by atomic mass is 32.2. The van der Waals surface area contributed by atoms with E-state index in [-0.39, 0.29) is 17.1 Å². The number of nitro groups is 1. The van der Waals surface area contributed by atoms with Crippen LogP contribution in [0.1, 0.15) is 0 Å². The van der Waals surface area contributed by atoms with Gasteiger partial charge in [0.2, 0.25) is 5.91 Å². The number of benzene rings is 2.